The maximum atomic E-state index is 5.80. The fourth-order valence-electron chi connectivity index (χ4n) is 1.68. The molecule has 0 atom stereocenters. The van der Waals surface area contributed by atoms with Gasteiger partial charge in [-0.3, -0.25) is 0 Å². The molecule has 0 aliphatic carbocycles. The minimum atomic E-state index is 0.0685. The van der Waals surface area contributed by atoms with E-state index in [1.54, 1.807) is 0 Å². The van der Waals surface area contributed by atoms with E-state index in [4.69, 9.17) is 4.42 Å². The van der Waals surface area contributed by atoms with Gasteiger partial charge in [-0.25, -0.2) is 4.98 Å². The van der Waals surface area contributed by atoms with E-state index in [1.807, 2.05) is 24.3 Å². The molecule has 0 saturated carbocycles. The molecule has 0 bridgehead atoms. The topological polar surface area (TPSA) is 26.0 Å². The Morgan fingerprint density at radius 2 is 1.87 bits per heavy atom. The minimum Gasteiger partial charge on any atom is -0.440 e. The fraction of sp³-hybridized carbons (Fsp3) is 0.462. The summed E-state index contributed by atoms with van der Waals surface area (Å²) in [7, 11) is 0. The van der Waals surface area contributed by atoms with Crippen LogP contribution in [-0.4, -0.2) is 4.98 Å². The average molecular weight is 203 g/mol. The molecule has 0 radical (unpaired) electrons. The van der Waals surface area contributed by atoms with E-state index >= 15 is 0 Å². The van der Waals surface area contributed by atoms with Gasteiger partial charge in [0.2, 0.25) is 5.89 Å². The molecule has 15 heavy (non-hydrogen) atoms. The lowest BCUT2D eigenvalue weighted by Crippen LogP contribution is -2.19. The quantitative estimate of drug-likeness (QED) is 0.756. The number of hydrogen-bond donors (Lipinski definition) is 0. The highest BCUT2D eigenvalue weighted by atomic mass is 16.3. The van der Waals surface area contributed by atoms with Crippen molar-refractivity contribution in [2.75, 3.05) is 0 Å². The van der Waals surface area contributed by atoms with Crippen LogP contribution in [0.4, 0.5) is 0 Å². The highest BCUT2D eigenvalue weighted by Gasteiger charge is 2.28. The van der Waals surface area contributed by atoms with Crippen LogP contribution < -0.4 is 0 Å². The molecule has 2 aromatic rings. The highest BCUT2D eigenvalue weighted by molar-refractivity contribution is 5.72. The normalized spacial score (nSPS) is 12.2. The van der Waals surface area contributed by atoms with E-state index in [0.717, 1.165) is 29.8 Å². The van der Waals surface area contributed by atoms with Crippen molar-refractivity contribution in [3.05, 3.63) is 30.2 Å². The molecule has 0 amide bonds. The summed E-state index contributed by atoms with van der Waals surface area (Å²) in [6, 6.07) is 7.93. The first-order valence-corrected chi connectivity index (χ1v) is 5.55. The molecule has 0 fully saturated rings. The zero-order chi connectivity index (χ0) is 10.9. The van der Waals surface area contributed by atoms with Crippen molar-refractivity contribution in [2.24, 2.45) is 0 Å². The Kier molecular flexibility index (Phi) is 2.51. The third kappa shape index (κ3) is 1.65. The highest BCUT2D eigenvalue weighted by Crippen LogP contribution is 2.32. The summed E-state index contributed by atoms with van der Waals surface area (Å²) in [5, 5.41) is 0. The molecule has 80 valence electrons. The summed E-state index contributed by atoms with van der Waals surface area (Å²) in [4.78, 5) is 4.56. The molecule has 0 aliphatic heterocycles. The molecular formula is C13H17NO. The second-order valence-corrected chi connectivity index (χ2v) is 4.25. The van der Waals surface area contributed by atoms with Crippen LogP contribution in [0.2, 0.25) is 0 Å². The lowest BCUT2D eigenvalue weighted by atomic mass is 9.85. The Morgan fingerprint density at radius 3 is 2.47 bits per heavy atom. The van der Waals surface area contributed by atoms with Crippen LogP contribution in [0, 0.1) is 0 Å². The molecule has 0 spiro atoms. The maximum Gasteiger partial charge on any atom is 0.201 e. The summed E-state index contributed by atoms with van der Waals surface area (Å²) in [5.41, 5.74) is 1.92. The van der Waals surface area contributed by atoms with Gasteiger partial charge in [0.1, 0.15) is 5.52 Å². The zero-order valence-corrected chi connectivity index (χ0v) is 9.58. The molecule has 0 N–H and O–H groups in total. The average Bonchev–Trinajstić information content (AvgIpc) is 2.72. The molecule has 1 aromatic heterocycles. The largest absolute Gasteiger partial charge is 0.440 e. The molecule has 0 saturated heterocycles. The first-order valence-electron chi connectivity index (χ1n) is 5.55. The number of benzene rings is 1. The van der Waals surface area contributed by atoms with Gasteiger partial charge in [-0.05, 0) is 25.0 Å². The Hall–Kier alpha value is -1.31. The molecular weight excluding hydrogens is 186 g/mol. The predicted molar refractivity (Wildman–Crippen MR) is 61.9 cm³/mol. The number of para-hydroxylation sites is 2. The number of aromatic nitrogens is 1. The van der Waals surface area contributed by atoms with Gasteiger partial charge < -0.3 is 4.42 Å². The molecule has 1 aromatic carbocycles. The number of oxazole rings is 1. The number of fused-ring (bicyclic) bond motifs is 1. The third-order valence-electron chi connectivity index (χ3n) is 3.37. The van der Waals surface area contributed by atoms with Crippen LogP contribution in [0.3, 0.4) is 0 Å². The van der Waals surface area contributed by atoms with Crippen molar-refractivity contribution in [3.8, 4) is 0 Å². The van der Waals surface area contributed by atoms with Gasteiger partial charge in [-0.2, -0.15) is 0 Å². The second-order valence-electron chi connectivity index (χ2n) is 4.25. The SMILES string of the molecule is CCC(C)(CC)c1nc2ccccc2o1. The monoisotopic (exact) mass is 203 g/mol. The van der Waals surface area contributed by atoms with Crippen molar-refractivity contribution in [3.63, 3.8) is 0 Å². The molecule has 2 nitrogen and oxygen atoms in total. The van der Waals surface area contributed by atoms with Crippen LogP contribution in [0.1, 0.15) is 39.5 Å². The maximum absolute atomic E-state index is 5.80. The van der Waals surface area contributed by atoms with Gasteiger partial charge in [0, 0.05) is 5.41 Å². The Labute approximate surface area is 90.3 Å². The predicted octanol–water partition coefficient (Wildman–Crippen LogP) is 3.91. The van der Waals surface area contributed by atoms with Gasteiger partial charge in [-0.1, -0.05) is 32.9 Å². The summed E-state index contributed by atoms with van der Waals surface area (Å²) in [5.74, 6) is 0.869. The standard InChI is InChI=1S/C13H17NO/c1-4-13(3,5-2)12-14-10-8-6-7-9-11(10)15-12/h6-9H,4-5H2,1-3H3. The van der Waals surface area contributed by atoms with Crippen LogP contribution in [-0.2, 0) is 5.41 Å². The van der Waals surface area contributed by atoms with Crippen molar-refractivity contribution >= 4 is 11.1 Å². The van der Waals surface area contributed by atoms with Crippen molar-refractivity contribution in [1.29, 1.82) is 0 Å². The van der Waals surface area contributed by atoms with E-state index in [0.29, 0.717) is 0 Å². The van der Waals surface area contributed by atoms with E-state index in [-0.39, 0.29) is 5.41 Å². The molecule has 0 unspecified atom stereocenters. The van der Waals surface area contributed by atoms with Gasteiger partial charge in [-0.15, -0.1) is 0 Å². The summed E-state index contributed by atoms with van der Waals surface area (Å²) >= 11 is 0. The van der Waals surface area contributed by atoms with E-state index in [9.17, 15) is 0 Å². The number of rotatable bonds is 3. The van der Waals surface area contributed by atoms with Crippen LogP contribution >= 0.6 is 0 Å². The number of hydrogen-bond acceptors (Lipinski definition) is 2. The van der Waals surface area contributed by atoms with Crippen LogP contribution in [0.25, 0.3) is 11.1 Å². The summed E-state index contributed by atoms with van der Waals surface area (Å²) in [6.45, 7) is 6.56. The van der Waals surface area contributed by atoms with Crippen LogP contribution in [0.5, 0.6) is 0 Å². The first kappa shape index (κ1) is 10.2. The summed E-state index contributed by atoms with van der Waals surface area (Å²) < 4.78 is 5.80. The Balaban J connectivity index is 2.52. The third-order valence-corrected chi connectivity index (χ3v) is 3.37. The lowest BCUT2D eigenvalue weighted by molar-refractivity contribution is 0.336. The Bertz CT molecular complexity index is 421. The smallest absolute Gasteiger partial charge is 0.201 e. The molecule has 2 rings (SSSR count). The van der Waals surface area contributed by atoms with Gasteiger partial charge >= 0.3 is 0 Å². The van der Waals surface area contributed by atoms with Gasteiger partial charge in [0.05, 0.1) is 0 Å². The summed E-state index contributed by atoms with van der Waals surface area (Å²) in [6.07, 6.45) is 2.10. The molecule has 1 heterocycles. The second kappa shape index (κ2) is 3.69. The van der Waals surface area contributed by atoms with Crippen molar-refractivity contribution in [1.82, 2.24) is 4.98 Å². The minimum absolute atomic E-state index is 0.0685. The van der Waals surface area contributed by atoms with Gasteiger partial charge in [0.15, 0.2) is 5.58 Å². The van der Waals surface area contributed by atoms with Crippen molar-refractivity contribution < 1.29 is 4.42 Å². The molecule has 2 heteroatoms. The molecule has 0 aliphatic rings. The van der Waals surface area contributed by atoms with Crippen molar-refractivity contribution in [2.45, 2.75) is 39.0 Å². The van der Waals surface area contributed by atoms with E-state index < -0.39 is 0 Å². The fourth-order valence-corrected chi connectivity index (χ4v) is 1.68. The van der Waals surface area contributed by atoms with Crippen LogP contribution in [0.15, 0.2) is 28.7 Å². The zero-order valence-electron chi connectivity index (χ0n) is 9.58. The van der Waals surface area contributed by atoms with E-state index in [2.05, 4.69) is 25.8 Å². The Morgan fingerprint density at radius 1 is 1.20 bits per heavy atom. The van der Waals surface area contributed by atoms with E-state index in [1.165, 1.54) is 0 Å². The van der Waals surface area contributed by atoms with Gasteiger partial charge in [0.25, 0.3) is 0 Å². The first-order chi connectivity index (χ1) is 7.19. The lowest BCUT2D eigenvalue weighted by Gasteiger charge is -2.21. The number of nitrogens with zero attached hydrogens (tertiary/aromatic N) is 1.